The van der Waals surface area contributed by atoms with Gasteiger partial charge in [-0.05, 0) is 57.5 Å². The van der Waals surface area contributed by atoms with Crippen LogP contribution >= 0.6 is 15.9 Å². The Balaban J connectivity index is 2.36. The van der Waals surface area contributed by atoms with E-state index >= 15 is 0 Å². The Labute approximate surface area is 128 Å². The normalized spacial score (nSPS) is 12.2. The molecule has 0 saturated heterocycles. The summed E-state index contributed by atoms with van der Waals surface area (Å²) >= 11 is 3.53. The molecule has 0 amide bonds. The monoisotopic (exact) mass is 331 g/mol. The number of nitrogens with zero attached hydrogens (tertiary/aromatic N) is 1. The molecule has 2 nitrogen and oxygen atoms in total. The molecule has 0 aliphatic heterocycles. The number of ketones is 1. The van der Waals surface area contributed by atoms with E-state index in [4.69, 9.17) is 0 Å². The van der Waals surface area contributed by atoms with E-state index in [-0.39, 0.29) is 10.6 Å². The van der Waals surface area contributed by atoms with Crippen LogP contribution in [0.15, 0.2) is 30.3 Å². The average molecular weight is 332 g/mol. The van der Waals surface area contributed by atoms with E-state index in [1.165, 1.54) is 0 Å². The number of hydrogen-bond acceptors (Lipinski definition) is 2. The molecule has 1 aromatic heterocycles. The van der Waals surface area contributed by atoms with Crippen molar-refractivity contribution in [2.75, 3.05) is 0 Å². The highest BCUT2D eigenvalue weighted by atomic mass is 79.9. The Hall–Kier alpha value is -1.48. The lowest BCUT2D eigenvalue weighted by Crippen LogP contribution is -2.08. The van der Waals surface area contributed by atoms with E-state index in [2.05, 4.69) is 27.0 Å². The fourth-order valence-electron chi connectivity index (χ4n) is 2.43. The Morgan fingerprint density at radius 1 is 0.950 bits per heavy atom. The Kier molecular flexibility index (Phi) is 4.39. The van der Waals surface area contributed by atoms with Gasteiger partial charge in [0.15, 0.2) is 5.78 Å². The van der Waals surface area contributed by atoms with Gasteiger partial charge in [-0.2, -0.15) is 0 Å². The number of carbonyl (C=O) groups excluding carboxylic acids is 1. The third kappa shape index (κ3) is 3.34. The molecule has 1 heterocycles. The van der Waals surface area contributed by atoms with Crippen LogP contribution in [0, 0.1) is 27.7 Å². The lowest BCUT2D eigenvalue weighted by atomic mass is 9.99. The number of alkyl halides is 1. The quantitative estimate of drug-likeness (QED) is 0.606. The number of rotatable bonds is 3. The molecular weight excluding hydrogens is 314 g/mol. The van der Waals surface area contributed by atoms with Crippen LogP contribution < -0.4 is 0 Å². The second kappa shape index (κ2) is 5.88. The molecule has 1 atom stereocenters. The van der Waals surface area contributed by atoms with Gasteiger partial charge < -0.3 is 0 Å². The van der Waals surface area contributed by atoms with Gasteiger partial charge in [-0.1, -0.05) is 33.1 Å². The van der Waals surface area contributed by atoms with E-state index in [0.717, 1.165) is 33.6 Å². The molecule has 0 aliphatic rings. The predicted molar refractivity (Wildman–Crippen MR) is 85.6 cm³/mol. The summed E-state index contributed by atoms with van der Waals surface area (Å²) in [5.74, 6) is 0.0850. The highest BCUT2D eigenvalue weighted by Gasteiger charge is 2.20. The molecule has 2 aromatic rings. The van der Waals surface area contributed by atoms with E-state index in [9.17, 15) is 4.79 Å². The molecule has 0 N–H and O–H groups in total. The molecule has 3 heteroatoms. The summed E-state index contributed by atoms with van der Waals surface area (Å²) in [5, 5.41) is 0. The van der Waals surface area contributed by atoms with Crippen molar-refractivity contribution in [2.24, 2.45) is 0 Å². The third-order valence-electron chi connectivity index (χ3n) is 3.13. The molecule has 104 valence electrons. The van der Waals surface area contributed by atoms with E-state index < -0.39 is 0 Å². The van der Waals surface area contributed by atoms with Crippen molar-refractivity contribution >= 4 is 21.7 Å². The fraction of sp³-hybridized carbons (Fsp3) is 0.294. The first kappa shape index (κ1) is 14.9. The molecule has 1 aromatic carbocycles. The Morgan fingerprint density at radius 2 is 1.45 bits per heavy atom. The van der Waals surface area contributed by atoms with Gasteiger partial charge >= 0.3 is 0 Å². The fourth-order valence-corrected chi connectivity index (χ4v) is 2.96. The van der Waals surface area contributed by atoms with Crippen molar-refractivity contribution in [3.05, 3.63) is 64.0 Å². The highest BCUT2D eigenvalue weighted by molar-refractivity contribution is 9.09. The van der Waals surface area contributed by atoms with Crippen LogP contribution in [0.25, 0.3) is 0 Å². The highest BCUT2D eigenvalue weighted by Crippen LogP contribution is 2.28. The number of aryl methyl sites for hydroxylation is 4. The summed E-state index contributed by atoms with van der Waals surface area (Å²) in [6.07, 6.45) is 0. The minimum absolute atomic E-state index is 0.0850. The molecule has 0 bridgehead atoms. The van der Waals surface area contributed by atoms with Gasteiger partial charge in [-0.15, -0.1) is 0 Å². The topological polar surface area (TPSA) is 30.0 Å². The lowest BCUT2D eigenvalue weighted by molar-refractivity contribution is 0.0991. The summed E-state index contributed by atoms with van der Waals surface area (Å²) in [7, 11) is 0. The summed E-state index contributed by atoms with van der Waals surface area (Å²) in [6.45, 7) is 7.90. The van der Waals surface area contributed by atoms with Gasteiger partial charge in [0.25, 0.3) is 0 Å². The largest absolute Gasteiger partial charge is 0.293 e. The molecule has 20 heavy (non-hydrogen) atoms. The van der Waals surface area contributed by atoms with Crippen LogP contribution in [0.3, 0.4) is 0 Å². The van der Waals surface area contributed by atoms with Crippen LogP contribution in [0.2, 0.25) is 0 Å². The van der Waals surface area contributed by atoms with Gasteiger partial charge in [-0.3, -0.25) is 9.78 Å². The van der Waals surface area contributed by atoms with Crippen LogP contribution in [-0.4, -0.2) is 10.8 Å². The molecule has 0 aliphatic carbocycles. The van der Waals surface area contributed by atoms with Crippen molar-refractivity contribution in [2.45, 2.75) is 32.5 Å². The maximum absolute atomic E-state index is 12.6. The van der Waals surface area contributed by atoms with Crippen molar-refractivity contribution in [1.29, 1.82) is 0 Å². The second-order valence-electron chi connectivity index (χ2n) is 5.29. The second-order valence-corrected chi connectivity index (χ2v) is 6.20. The number of hydrogen-bond donors (Lipinski definition) is 0. The molecule has 0 unspecified atom stereocenters. The first-order chi connectivity index (χ1) is 9.36. The number of aromatic nitrogens is 1. The van der Waals surface area contributed by atoms with Crippen molar-refractivity contribution < 1.29 is 4.79 Å². The standard InChI is InChI=1S/C17H18BrNO/c1-10-5-11(2)7-15(6-10)17(20)16(18)14-8-12(3)19-13(4)9-14/h5-9,16H,1-4H3/t16-/m1/s1. The SMILES string of the molecule is Cc1cc(C)cc(C(=O)[C@H](Br)c2cc(C)nc(C)c2)c1. The van der Waals surface area contributed by atoms with Gasteiger partial charge in [0, 0.05) is 17.0 Å². The molecule has 2 rings (SSSR count). The van der Waals surface area contributed by atoms with E-state index in [0.29, 0.717) is 0 Å². The van der Waals surface area contributed by atoms with Crippen LogP contribution in [0.5, 0.6) is 0 Å². The summed E-state index contributed by atoms with van der Waals surface area (Å²) in [5.41, 5.74) is 5.77. The zero-order valence-electron chi connectivity index (χ0n) is 12.2. The smallest absolute Gasteiger partial charge is 0.180 e. The number of halogens is 1. The number of Topliss-reactive ketones (excluding diaryl/α,β-unsaturated/α-hetero) is 1. The van der Waals surface area contributed by atoms with Gasteiger partial charge in [-0.25, -0.2) is 0 Å². The predicted octanol–water partition coefficient (Wildman–Crippen LogP) is 4.63. The average Bonchev–Trinajstić information content (AvgIpc) is 2.34. The zero-order chi connectivity index (χ0) is 14.9. The summed E-state index contributed by atoms with van der Waals surface area (Å²) < 4.78 is 0. The summed E-state index contributed by atoms with van der Waals surface area (Å²) in [6, 6.07) is 9.84. The van der Waals surface area contributed by atoms with Crippen LogP contribution in [0.1, 0.15) is 43.3 Å². The van der Waals surface area contributed by atoms with Crippen molar-refractivity contribution in [3.63, 3.8) is 0 Å². The molecule has 0 fully saturated rings. The maximum Gasteiger partial charge on any atom is 0.180 e. The molecule has 0 spiro atoms. The minimum atomic E-state index is -0.330. The Morgan fingerprint density at radius 3 is 1.95 bits per heavy atom. The first-order valence-corrected chi connectivity index (χ1v) is 7.50. The maximum atomic E-state index is 12.6. The summed E-state index contributed by atoms with van der Waals surface area (Å²) in [4.78, 5) is 16.6. The number of carbonyl (C=O) groups is 1. The van der Waals surface area contributed by atoms with Gasteiger partial charge in [0.1, 0.15) is 4.83 Å². The zero-order valence-corrected chi connectivity index (χ0v) is 13.8. The first-order valence-electron chi connectivity index (χ1n) is 6.58. The number of pyridine rings is 1. The van der Waals surface area contributed by atoms with E-state index in [1.807, 2.05) is 52.0 Å². The minimum Gasteiger partial charge on any atom is -0.293 e. The third-order valence-corrected chi connectivity index (χ3v) is 4.08. The van der Waals surface area contributed by atoms with Crippen LogP contribution in [0.4, 0.5) is 0 Å². The Bertz CT molecular complexity index is 624. The molecule has 0 radical (unpaired) electrons. The van der Waals surface area contributed by atoms with Crippen molar-refractivity contribution in [1.82, 2.24) is 4.98 Å². The molecular formula is C17H18BrNO. The van der Waals surface area contributed by atoms with E-state index in [1.54, 1.807) is 0 Å². The lowest BCUT2D eigenvalue weighted by Gasteiger charge is -2.12. The molecule has 0 saturated carbocycles. The van der Waals surface area contributed by atoms with Crippen molar-refractivity contribution in [3.8, 4) is 0 Å². The van der Waals surface area contributed by atoms with Crippen LogP contribution in [-0.2, 0) is 0 Å². The van der Waals surface area contributed by atoms with Gasteiger partial charge in [0.2, 0.25) is 0 Å². The van der Waals surface area contributed by atoms with Gasteiger partial charge in [0.05, 0.1) is 0 Å². The number of benzene rings is 1.